The molecule has 1 aromatic rings. The first-order chi connectivity index (χ1) is 16.5. The number of aromatic hydroxyl groups is 1. The van der Waals surface area contributed by atoms with E-state index in [-0.39, 0.29) is 18.1 Å². The van der Waals surface area contributed by atoms with Gasteiger partial charge in [-0.25, -0.2) is 4.79 Å². The number of allylic oxidation sites excluding steroid dienone is 2. The first kappa shape index (κ1) is 27.1. The van der Waals surface area contributed by atoms with E-state index in [1.807, 2.05) is 26.8 Å². The van der Waals surface area contributed by atoms with Gasteiger partial charge < -0.3 is 20.1 Å². The lowest BCUT2D eigenvalue weighted by Crippen LogP contribution is -2.40. The summed E-state index contributed by atoms with van der Waals surface area (Å²) in [5.74, 6) is -3.66. The van der Waals surface area contributed by atoms with E-state index >= 15 is 0 Å². The van der Waals surface area contributed by atoms with Crippen molar-refractivity contribution < 1.29 is 34.4 Å². The number of hydrogen-bond donors (Lipinski definition) is 3. The predicted octanol–water partition coefficient (Wildman–Crippen LogP) is 4.03. The summed E-state index contributed by atoms with van der Waals surface area (Å²) in [5, 5.41) is 31.6. The fourth-order valence-corrected chi connectivity index (χ4v) is 5.59. The number of nitrogens with zero attached hydrogens (tertiary/aromatic N) is 1. The van der Waals surface area contributed by atoms with Crippen LogP contribution in [0.2, 0.25) is 0 Å². The number of fused-ring (bicyclic) bond motifs is 1. The highest BCUT2D eigenvalue weighted by Crippen LogP contribution is 2.48. The number of rotatable bonds is 7. The van der Waals surface area contributed by atoms with Crippen LogP contribution in [0.5, 0.6) is 5.75 Å². The molecule has 1 aromatic carbocycles. The number of likely N-dealkylation sites (tertiary alicyclic amines) is 1. The lowest BCUT2D eigenvalue weighted by molar-refractivity contribution is -0.137. The Hall–Kier alpha value is -2.49. The highest BCUT2D eigenvalue weighted by atomic mass is 79.9. The summed E-state index contributed by atoms with van der Waals surface area (Å²) in [6, 6.07) is 5.14. The molecule has 0 saturated carbocycles. The van der Waals surface area contributed by atoms with Crippen LogP contribution in [0.1, 0.15) is 45.6 Å². The number of carbonyl (C=O) groups excluding carboxylic acids is 3. The van der Waals surface area contributed by atoms with Crippen LogP contribution in [-0.2, 0) is 14.3 Å². The second-order valence-corrected chi connectivity index (χ2v) is 10.4. The van der Waals surface area contributed by atoms with Crippen molar-refractivity contribution in [3.05, 3.63) is 45.0 Å². The van der Waals surface area contributed by atoms with Gasteiger partial charge in [0.15, 0.2) is 0 Å². The van der Waals surface area contributed by atoms with E-state index < -0.39 is 48.4 Å². The number of halogens is 1. The van der Waals surface area contributed by atoms with Crippen molar-refractivity contribution in [3.63, 3.8) is 0 Å². The molecule has 35 heavy (non-hydrogen) atoms. The van der Waals surface area contributed by atoms with Crippen molar-refractivity contribution in [3.8, 4) is 5.75 Å². The average Bonchev–Trinajstić information content (AvgIpc) is 3.07. The monoisotopic (exact) mass is 549 g/mol. The van der Waals surface area contributed by atoms with E-state index in [1.54, 1.807) is 18.2 Å². The Morgan fingerprint density at radius 1 is 1.29 bits per heavy atom. The Bertz CT molecular complexity index is 1080. The maximum atomic E-state index is 13.0. The zero-order valence-corrected chi connectivity index (χ0v) is 21.9. The van der Waals surface area contributed by atoms with Gasteiger partial charge in [-0.3, -0.25) is 9.59 Å². The number of phenols is 1. The number of aliphatic hydroxyl groups excluding tert-OH is 2. The van der Waals surface area contributed by atoms with Crippen LogP contribution in [-0.4, -0.2) is 57.9 Å². The van der Waals surface area contributed by atoms with Gasteiger partial charge in [-0.15, -0.1) is 0 Å². The van der Waals surface area contributed by atoms with Gasteiger partial charge in [0.2, 0.25) is 11.8 Å². The zero-order valence-electron chi connectivity index (χ0n) is 20.3. The zero-order chi connectivity index (χ0) is 26.0. The minimum Gasteiger partial charge on any atom is -0.507 e. The minimum atomic E-state index is -1.03. The van der Waals surface area contributed by atoms with E-state index in [2.05, 4.69) is 20.7 Å². The number of phenolic OH excluding ortho intramolecular Hbond substituents is 1. The number of ether oxygens (including phenoxy) is 1. The number of hydrogen-bond acceptors (Lipinski definition) is 7. The largest absolute Gasteiger partial charge is 0.507 e. The lowest BCUT2D eigenvalue weighted by Gasteiger charge is -2.38. The van der Waals surface area contributed by atoms with Crippen molar-refractivity contribution in [1.82, 2.24) is 4.90 Å². The fourth-order valence-electron chi connectivity index (χ4n) is 5.21. The molecule has 2 aliphatic rings. The van der Waals surface area contributed by atoms with Gasteiger partial charge in [0.25, 0.3) is 0 Å². The van der Waals surface area contributed by atoms with Gasteiger partial charge in [-0.05, 0) is 55.9 Å². The van der Waals surface area contributed by atoms with Crippen LogP contribution in [0.25, 0.3) is 6.08 Å². The van der Waals surface area contributed by atoms with E-state index in [1.165, 1.54) is 0 Å². The molecular formula is C26H32BrNO7. The van der Waals surface area contributed by atoms with E-state index in [9.17, 15) is 29.7 Å². The standard InChI is InChI=1S/C26H32BrNO7/c1-13(2)17-11-18-23(25(33)28(24(18)32)26(34)35-4)19(12-29)22(17)21(31)7-5-14(3)9-15-10-16(27)6-8-20(15)30/h6,8-10,13,18-19,21,23,29-31H,5,7,11-12H2,1-4H3/b14-9+/t18-,19+,21-,23-/m1/s1. The Kier molecular flexibility index (Phi) is 8.56. The Morgan fingerprint density at radius 3 is 2.57 bits per heavy atom. The maximum absolute atomic E-state index is 13.0. The number of aliphatic hydroxyl groups is 2. The molecule has 1 aliphatic heterocycles. The van der Waals surface area contributed by atoms with Crippen LogP contribution in [0.3, 0.4) is 0 Å². The van der Waals surface area contributed by atoms with Gasteiger partial charge in [0.1, 0.15) is 5.75 Å². The molecule has 1 saturated heterocycles. The summed E-state index contributed by atoms with van der Waals surface area (Å²) in [4.78, 5) is 38.6. The Morgan fingerprint density at radius 2 is 1.97 bits per heavy atom. The molecule has 0 bridgehead atoms. The molecule has 4 atom stereocenters. The average molecular weight is 550 g/mol. The van der Waals surface area contributed by atoms with E-state index in [4.69, 9.17) is 0 Å². The summed E-state index contributed by atoms with van der Waals surface area (Å²) in [5.41, 5.74) is 2.99. The summed E-state index contributed by atoms with van der Waals surface area (Å²) in [6.45, 7) is 5.35. The quantitative estimate of drug-likeness (QED) is 0.346. The van der Waals surface area contributed by atoms with Gasteiger partial charge >= 0.3 is 6.09 Å². The summed E-state index contributed by atoms with van der Waals surface area (Å²) >= 11 is 3.39. The third-order valence-electron chi connectivity index (χ3n) is 6.93. The van der Waals surface area contributed by atoms with Crippen molar-refractivity contribution in [2.45, 2.75) is 46.1 Å². The molecule has 1 fully saturated rings. The molecule has 0 aromatic heterocycles. The third kappa shape index (κ3) is 5.37. The van der Waals surface area contributed by atoms with E-state index in [0.29, 0.717) is 28.9 Å². The van der Waals surface area contributed by atoms with Crippen LogP contribution in [0.15, 0.2) is 39.4 Å². The van der Waals surface area contributed by atoms with E-state index in [0.717, 1.165) is 22.7 Å². The third-order valence-corrected chi connectivity index (χ3v) is 7.43. The second kappa shape index (κ2) is 11.1. The molecule has 3 rings (SSSR count). The van der Waals surface area contributed by atoms with Crippen LogP contribution < -0.4 is 0 Å². The molecule has 3 amide bonds. The molecule has 0 radical (unpaired) electrons. The van der Waals surface area contributed by atoms with Crippen molar-refractivity contribution in [2.75, 3.05) is 13.7 Å². The molecule has 9 heteroatoms. The first-order valence-electron chi connectivity index (χ1n) is 11.6. The van der Waals surface area contributed by atoms with Crippen LogP contribution in [0, 0.1) is 23.7 Å². The van der Waals surface area contributed by atoms with Crippen molar-refractivity contribution in [2.24, 2.45) is 23.7 Å². The minimum absolute atomic E-state index is 0.0278. The number of carbonyl (C=O) groups is 3. The molecule has 0 unspecified atom stereocenters. The lowest BCUT2D eigenvalue weighted by atomic mass is 9.66. The molecule has 1 aliphatic carbocycles. The normalized spacial score (nSPS) is 23.7. The topological polar surface area (TPSA) is 124 Å². The molecule has 8 nitrogen and oxygen atoms in total. The predicted molar refractivity (Wildman–Crippen MR) is 133 cm³/mol. The van der Waals surface area contributed by atoms with Gasteiger partial charge in [-0.2, -0.15) is 4.90 Å². The molecule has 3 N–H and O–H groups in total. The Balaban J connectivity index is 1.88. The van der Waals surface area contributed by atoms with Gasteiger partial charge in [-0.1, -0.05) is 47.0 Å². The van der Waals surface area contributed by atoms with Crippen LogP contribution in [0.4, 0.5) is 4.79 Å². The molecule has 1 heterocycles. The number of benzene rings is 1. The van der Waals surface area contributed by atoms with Crippen LogP contribution >= 0.6 is 15.9 Å². The maximum Gasteiger partial charge on any atom is 0.423 e. The molecule has 190 valence electrons. The molecular weight excluding hydrogens is 518 g/mol. The summed E-state index contributed by atoms with van der Waals surface area (Å²) < 4.78 is 5.45. The molecule has 0 spiro atoms. The Labute approximate surface area is 213 Å². The number of amides is 3. The fraction of sp³-hybridized carbons (Fsp3) is 0.500. The van der Waals surface area contributed by atoms with Gasteiger partial charge in [0.05, 0.1) is 31.7 Å². The van der Waals surface area contributed by atoms with Crippen molar-refractivity contribution in [1.29, 1.82) is 0 Å². The number of imide groups is 3. The smallest absolute Gasteiger partial charge is 0.423 e. The SMILES string of the molecule is COC(=O)N1C(=O)[C@@H]2[C@@H](CC(C(C)C)=C([C@H](O)CC/C(C)=C/c3cc(Br)ccc3O)[C@@H]2CO)C1=O. The van der Waals surface area contributed by atoms with Crippen molar-refractivity contribution >= 4 is 39.9 Å². The highest BCUT2D eigenvalue weighted by Gasteiger charge is 2.57. The first-order valence-corrected chi connectivity index (χ1v) is 12.4. The number of methoxy groups -OCH3 is 1. The highest BCUT2D eigenvalue weighted by molar-refractivity contribution is 9.10. The summed E-state index contributed by atoms with van der Waals surface area (Å²) in [6.07, 6.45) is 0.952. The second-order valence-electron chi connectivity index (χ2n) is 9.49. The summed E-state index contributed by atoms with van der Waals surface area (Å²) in [7, 11) is 1.10. The van der Waals surface area contributed by atoms with Gasteiger partial charge in [0, 0.05) is 16.0 Å².